The Balaban J connectivity index is 3.15. The molecule has 1 radical (unpaired) electrons. The van der Waals surface area contributed by atoms with Crippen LogP contribution in [-0.4, -0.2) is 5.11 Å². The average Bonchev–Trinajstić information content (AvgIpc) is 2.08. The maximum atomic E-state index is 13.1. The summed E-state index contributed by atoms with van der Waals surface area (Å²) in [5.74, 6) is -1.28. The van der Waals surface area contributed by atoms with Gasteiger partial charge in [-0.05, 0) is 18.6 Å². The van der Waals surface area contributed by atoms with Crippen LogP contribution >= 0.6 is 0 Å². The summed E-state index contributed by atoms with van der Waals surface area (Å²) >= 11 is 0. The van der Waals surface area contributed by atoms with Crippen molar-refractivity contribution in [3.8, 4) is 5.75 Å². The molecule has 1 nitrogen and oxygen atoms in total. The van der Waals surface area contributed by atoms with Crippen LogP contribution in [-0.2, 0) is 0 Å². The zero-order valence-electron chi connectivity index (χ0n) is 6.63. The quantitative estimate of drug-likeness (QED) is 0.668. The van der Waals surface area contributed by atoms with Crippen molar-refractivity contribution in [2.24, 2.45) is 0 Å². The fourth-order valence-corrected chi connectivity index (χ4v) is 0.950. The van der Waals surface area contributed by atoms with Crippen molar-refractivity contribution in [1.29, 1.82) is 0 Å². The van der Waals surface area contributed by atoms with Crippen LogP contribution in [0.5, 0.6) is 5.75 Å². The molecule has 0 aliphatic rings. The summed E-state index contributed by atoms with van der Waals surface area (Å²) in [5, 5.41) is 9.01. The molecule has 1 aromatic carbocycles. The number of halogens is 1. The summed E-state index contributed by atoms with van der Waals surface area (Å²) in [6.45, 7) is 7.16. The van der Waals surface area contributed by atoms with E-state index in [0.29, 0.717) is 5.56 Å². The third-order valence-corrected chi connectivity index (χ3v) is 1.69. The largest absolute Gasteiger partial charge is 0.505 e. The van der Waals surface area contributed by atoms with Gasteiger partial charge in [-0.25, -0.2) is 4.39 Å². The molecule has 0 saturated carbocycles. The highest BCUT2D eigenvalue weighted by molar-refractivity contribution is 5.34. The second-order valence-electron chi connectivity index (χ2n) is 2.52. The molecule has 1 atom stereocenters. The molecule has 0 aliphatic heterocycles. The van der Waals surface area contributed by atoms with Crippen LogP contribution in [0.3, 0.4) is 0 Å². The number of rotatable bonds is 2. The van der Waals surface area contributed by atoms with Crippen LogP contribution in [0.15, 0.2) is 30.9 Å². The van der Waals surface area contributed by atoms with Gasteiger partial charge in [0.25, 0.3) is 0 Å². The van der Waals surface area contributed by atoms with Crippen molar-refractivity contribution in [3.05, 3.63) is 49.2 Å². The van der Waals surface area contributed by atoms with Crippen LogP contribution in [0, 0.1) is 12.7 Å². The van der Waals surface area contributed by atoms with Gasteiger partial charge in [-0.15, -0.1) is 6.58 Å². The molecule has 0 aromatic heterocycles. The molecule has 12 heavy (non-hydrogen) atoms. The Morgan fingerprint density at radius 3 is 2.75 bits per heavy atom. The van der Waals surface area contributed by atoms with Crippen LogP contribution in [0.25, 0.3) is 0 Å². The van der Waals surface area contributed by atoms with E-state index in [1.165, 1.54) is 12.1 Å². The first-order valence-electron chi connectivity index (χ1n) is 3.60. The van der Waals surface area contributed by atoms with Crippen molar-refractivity contribution in [2.45, 2.75) is 5.92 Å². The predicted octanol–water partition coefficient (Wildman–Crippen LogP) is 2.63. The minimum atomic E-state index is -0.614. The number of hydrogen-bond donors (Lipinski definition) is 1. The van der Waals surface area contributed by atoms with Crippen LogP contribution in [0.2, 0.25) is 0 Å². The number of aromatic hydroxyl groups is 1. The van der Waals surface area contributed by atoms with E-state index in [1.807, 2.05) is 0 Å². The van der Waals surface area contributed by atoms with Gasteiger partial charge in [0.15, 0.2) is 11.6 Å². The Labute approximate surface area is 71.2 Å². The van der Waals surface area contributed by atoms with E-state index in [4.69, 9.17) is 5.11 Å². The van der Waals surface area contributed by atoms with Gasteiger partial charge in [0.05, 0.1) is 0 Å². The first kappa shape index (κ1) is 8.78. The number of phenols is 1. The Kier molecular flexibility index (Phi) is 2.48. The van der Waals surface area contributed by atoms with Crippen molar-refractivity contribution in [1.82, 2.24) is 0 Å². The molecule has 0 bridgehead atoms. The van der Waals surface area contributed by atoms with Gasteiger partial charge in [0.2, 0.25) is 0 Å². The average molecular weight is 165 g/mol. The lowest BCUT2D eigenvalue weighted by Gasteiger charge is -2.07. The molecule has 2 heteroatoms. The zero-order valence-corrected chi connectivity index (χ0v) is 6.63. The van der Waals surface area contributed by atoms with Gasteiger partial charge in [0.1, 0.15) is 0 Å². The minimum absolute atomic E-state index is 0.322. The van der Waals surface area contributed by atoms with Gasteiger partial charge in [0, 0.05) is 5.92 Å². The molecule has 0 fully saturated rings. The molecule has 1 rings (SSSR count). The number of benzene rings is 1. The van der Waals surface area contributed by atoms with Crippen molar-refractivity contribution < 1.29 is 9.50 Å². The van der Waals surface area contributed by atoms with Crippen LogP contribution in [0.4, 0.5) is 4.39 Å². The second-order valence-corrected chi connectivity index (χ2v) is 2.52. The SMILES string of the molecule is [CH2]C(C=C)c1cccc(O)c1F. The van der Waals surface area contributed by atoms with E-state index in [0.717, 1.165) is 0 Å². The first-order valence-corrected chi connectivity index (χ1v) is 3.60. The van der Waals surface area contributed by atoms with E-state index in [1.54, 1.807) is 12.1 Å². The number of phenolic OH excluding ortho intramolecular Hbond substituents is 1. The summed E-state index contributed by atoms with van der Waals surface area (Å²) in [5.41, 5.74) is 0.366. The summed E-state index contributed by atoms with van der Waals surface area (Å²) in [6.07, 6.45) is 1.53. The van der Waals surface area contributed by atoms with Crippen molar-refractivity contribution in [3.63, 3.8) is 0 Å². The van der Waals surface area contributed by atoms with Gasteiger partial charge < -0.3 is 5.11 Å². The lowest BCUT2D eigenvalue weighted by atomic mass is 10.0. The molecule has 0 heterocycles. The molecule has 0 aliphatic carbocycles. The maximum Gasteiger partial charge on any atom is 0.168 e. The topological polar surface area (TPSA) is 20.2 Å². The Bertz CT molecular complexity index is 294. The monoisotopic (exact) mass is 165 g/mol. The van der Waals surface area contributed by atoms with Gasteiger partial charge >= 0.3 is 0 Å². The second kappa shape index (κ2) is 3.39. The van der Waals surface area contributed by atoms with Gasteiger partial charge in [-0.3, -0.25) is 0 Å². The van der Waals surface area contributed by atoms with E-state index < -0.39 is 5.82 Å². The van der Waals surface area contributed by atoms with E-state index in [-0.39, 0.29) is 11.7 Å². The highest BCUT2D eigenvalue weighted by atomic mass is 19.1. The molecule has 1 unspecified atom stereocenters. The number of allylic oxidation sites excluding steroid dienone is 1. The Morgan fingerprint density at radius 2 is 2.17 bits per heavy atom. The molecule has 0 amide bonds. The van der Waals surface area contributed by atoms with Gasteiger partial charge in [-0.2, -0.15) is 0 Å². The zero-order chi connectivity index (χ0) is 9.14. The first-order chi connectivity index (χ1) is 5.66. The highest BCUT2D eigenvalue weighted by Gasteiger charge is 2.10. The third kappa shape index (κ3) is 1.47. The summed E-state index contributed by atoms with van der Waals surface area (Å²) in [4.78, 5) is 0. The van der Waals surface area contributed by atoms with Crippen molar-refractivity contribution >= 4 is 0 Å². The summed E-state index contributed by atoms with van der Waals surface area (Å²) < 4.78 is 13.1. The third-order valence-electron chi connectivity index (χ3n) is 1.69. The fraction of sp³-hybridized carbons (Fsp3) is 0.100. The predicted molar refractivity (Wildman–Crippen MR) is 46.4 cm³/mol. The van der Waals surface area contributed by atoms with Crippen LogP contribution < -0.4 is 0 Å². The highest BCUT2D eigenvalue weighted by Crippen LogP contribution is 2.25. The van der Waals surface area contributed by atoms with Gasteiger partial charge in [-0.1, -0.05) is 18.2 Å². The molecule has 0 saturated heterocycles. The summed E-state index contributed by atoms with van der Waals surface area (Å²) in [7, 11) is 0. The normalized spacial score (nSPS) is 12.5. The molecule has 63 valence electrons. The fourth-order valence-electron chi connectivity index (χ4n) is 0.950. The molecule has 1 N–H and O–H groups in total. The number of hydrogen-bond acceptors (Lipinski definition) is 1. The Morgan fingerprint density at radius 1 is 1.50 bits per heavy atom. The lowest BCUT2D eigenvalue weighted by Crippen LogP contribution is -1.93. The molecular weight excluding hydrogens is 155 g/mol. The molecule has 0 spiro atoms. The smallest absolute Gasteiger partial charge is 0.168 e. The van der Waals surface area contributed by atoms with Crippen molar-refractivity contribution in [2.75, 3.05) is 0 Å². The van der Waals surface area contributed by atoms with E-state index >= 15 is 0 Å². The molecule has 1 aromatic rings. The standard InChI is InChI=1S/C10H10FO/c1-3-7(2)8-5-4-6-9(12)10(8)11/h3-7,12H,1-2H2. The van der Waals surface area contributed by atoms with E-state index in [2.05, 4.69) is 13.5 Å². The maximum absolute atomic E-state index is 13.1. The lowest BCUT2D eigenvalue weighted by molar-refractivity contribution is 0.428. The minimum Gasteiger partial charge on any atom is -0.505 e. The summed E-state index contributed by atoms with van der Waals surface area (Å²) in [6, 6.07) is 4.46. The van der Waals surface area contributed by atoms with Crippen LogP contribution in [0.1, 0.15) is 11.5 Å². The van der Waals surface area contributed by atoms with E-state index in [9.17, 15) is 4.39 Å². The Hall–Kier alpha value is -1.31. The molecular formula is C10H10FO.